The maximum atomic E-state index is 13.0. The molecule has 4 aromatic rings. The maximum absolute atomic E-state index is 13.0. The van der Waals surface area contributed by atoms with Crippen molar-refractivity contribution in [1.82, 2.24) is 29.5 Å². The van der Waals surface area contributed by atoms with Gasteiger partial charge >= 0.3 is 0 Å². The predicted octanol–water partition coefficient (Wildman–Crippen LogP) is 4.05. The molecule has 0 radical (unpaired) electrons. The lowest BCUT2D eigenvalue weighted by Gasteiger charge is -2.33. The van der Waals surface area contributed by atoms with Crippen LogP contribution in [-0.2, 0) is 6.54 Å². The third-order valence-corrected chi connectivity index (χ3v) is 6.21. The van der Waals surface area contributed by atoms with E-state index >= 15 is 0 Å². The molecule has 0 amide bonds. The van der Waals surface area contributed by atoms with E-state index in [4.69, 9.17) is 0 Å². The quantitative estimate of drug-likeness (QED) is 0.432. The highest BCUT2D eigenvalue weighted by molar-refractivity contribution is 5.93. The van der Waals surface area contributed by atoms with Crippen molar-refractivity contribution in [2.45, 2.75) is 64.1 Å². The van der Waals surface area contributed by atoms with Crippen molar-refractivity contribution in [2.24, 2.45) is 0 Å². The molecule has 10 heteroatoms. The topological polar surface area (TPSA) is 105 Å². The Balaban J connectivity index is 1.43. The van der Waals surface area contributed by atoms with E-state index in [2.05, 4.69) is 30.2 Å². The van der Waals surface area contributed by atoms with E-state index in [-0.39, 0.29) is 6.04 Å². The van der Waals surface area contributed by atoms with Crippen LogP contribution in [-0.4, -0.2) is 52.7 Å². The van der Waals surface area contributed by atoms with Gasteiger partial charge in [0, 0.05) is 29.4 Å². The fraction of sp³-hybridized carbons (Fsp3) is 0.455. The Morgan fingerprint density at radius 2 is 2.03 bits per heavy atom. The Morgan fingerprint density at radius 3 is 2.78 bits per heavy atom. The van der Waals surface area contributed by atoms with Gasteiger partial charge in [0.1, 0.15) is 17.0 Å². The van der Waals surface area contributed by atoms with Crippen LogP contribution in [0.4, 0.5) is 14.7 Å². The van der Waals surface area contributed by atoms with Crippen molar-refractivity contribution in [3.05, 3.63) is 30.4 Å². The highest BCUT2D eigenvalue weighted by Gasteiger charge is 2.29. The molecule has 0 saturated heterocycles. The number of aromatic amines is 1. The third-order valence-electron chi connectivity index (χ3n) is 6.21. The average Bonchev–Trinajstić information content (AvgIpc) is 3.29. The van der Waals surface area contributed by atoms with Crippen LogP contribution in [0.2, 0.25) is 0 Å². The molecule has 8 nitrogen and oxygen atoms in total. The number of alkyl halides is 2. The normalized spacial score (nSPS) is 21.6. The molecule has 5 rings (SSSR count). The molecule has 168 valence electrons. The van der Waals surface area contributed by atoms with Crippen LogP contribution in [0.1, 0.15) is 38.4 Å². The van der Waals surface area contributed by atoms with Gasteiger partial charge in [-0.25, -0.2) is 23.7 Å². The van der Waals surface area contributed by atoms with E-state index in [1.165, 1.54) is 4.57 Å². The number of anilines is 1. The number of aromatic nitrogens is 6. The van der Waals surface area contributed by atoms with Crippen LogP contribution in [0.15, 0.2) is 24.5 Å². The Labute approximate surface area is 183 Å². The van der Waals surface area contributed by atoms with Crippen molar-refractivity contribution >= 4 is 28.1 Å². The van der Waals surface area contributed by atoms with Gasteiger partial charge in [0.15, 0.2) is 5.65 Å². The molecular weight excluding hydrogens is 416 g/mol. The van der Waals surface area contributed by atoms with Crippen LogP contribution in [0, 0.1) is 6.92 Å². The molecule has 1 aliphatic carbocycles. The second kappa shape index (κ2) is 7.77. The third kappa shape index (κ3) is 3.90. The number of nitrogens with zero attached hydrogens (tertiary/aromatic N) is 5. The largest absolute Gasteiger partial charge is 0.390 e. The molecule has 1 aliphatic rings. The molecule has 0 aliphatic heterocycles. The summed E-state index contributed by atoms with van der Waals surface area (Å²) in [5, 5.41) is 14.3. The van der Waals surface area contributed by atoms with E-state index in [9.17, 15) is 13.9 Å². The smallest absolute Gasteiger partial charge is 0.256 e. The Hall–Kier alpha value is -3.14. The van der Waals surface area contributed by atoms with Crippen LogP contribution >= 0.6 is 0 Å². The highest BCUT2D eigenvalue weighted by atomic mass is 19.3. The molecule has 4 aromatic heterocycles. The van der Waals surface area contributed by atoms with Crippen LogP contribution in [0.3, 0.4) is 0 Å². The molecule has 1 saturated carbocycles. The van der Waals surface area contributed by atoms with E-state index in [0.29, 0.717) is 34.3 Å². The first kappa shape index (κ1) is 20.7. The molecule has 0 unspecified atom stereocenters. The van der Waals surface area contributed by atoms with Gasteiger partial charge in [-0.1, -0.05) is 0 Å². The minimum absolute atomic E-state index is 0.226. The first-order valence-electron chi connectivity index (χ1n) is 10.7. The SMILES string of the molecule is Cc1nc2ccc(-c3c[nH]c4nc(N[C@H]5CC[C@](C)(O)CC5)ncc34)nc2n1CC(F)F. The monoisotopic (exact) mass is 441 g/mol. The van der Waals surface area contributed by atoms with Gasteiger partial charge in [-0.15, -0.1) is 0 Å². The van der Waals surface area contributed by atoms with Gasteiger partial charge in [0.2, 0.25) is 5.95 Å². The van der Waals surface area contributed by atoms with Gasteiger partial charge in [0.05, 0.1) is 17.8 Å². The molecule has 0 spiro atoms. The summed E-state index contributed by atoms with van der Waals surface area (Å²) in [6.45, 7) is 3.13. The fourth-order valence-electron chi connectivity index (χ4n) is 4.38. The number of hydrogen-bond donors (Lipinski definition) is 3. The first-order valence-corrected chi connectivity index (χ1v) is 10.7. The number of H-pyrrole nitrogens is 1. The van der Waals surface area contributed by atoms with Gasteiger partial charge in [-0.05, 0) is 51.7 Å². The lowest BCUT2D eigenvalue weighted by Crippen LogP contribution is -2.36. The van der Waals surface area contributed by atoms with Gasteiger partial charge in [-0.2, -0.15) is 4.98 Å². The number of aryl methyl sites for hydroxylation is 1. The molecule has 3 N–H and O–H groups in total. The Bertz CT molecular complexity index is 1270. The van der Waals surface area contributed by atoms with Crippen molar-refractivity contribution in [1.29, 1.82) is 0 Å². The number of fused-ring (bicyclic) bond motifs is 2. The maximum Gasteiger partial charge on any atom is 0.256 e. The van der Waals surface area contributed by atoms with Gasteiger partial charge in [-0.3, -0.25) is 0 Å². The van der Waals surface area contributed by atoms with Gasteiger partial charge < -0.3 is 20.0 Å². The Morgan fingerprint density at radius 1 is 1.25 bits per heavy atom. The second-order valence-corrected chi connectivity index (χ2v) is 8.77. The van der Waals surface area contributed by atoms with Crippen LogP contribution in [0.5, 0.6) is 0 Å². The summed E-state index contributed by atoms with van der Waals surface area (Å²) in [6.07, 6.45) is 4.27. The van der Waals surface area contributed by atoms with Crippen molar-refractivity contribution < 1.29 is 13.9 Å². The molecule has 0 aromatic carbocycles. The van der Waals surface area contributed by atoms with Crippen LogP contribution in [0.25, 0.3) is 33.5 Å². The summed E-state index contributed by atoms with van der Waals surface area (Å²) < 4.78 is 27.5. The molecule has 0 bridgehead atoms. The first-order chi connectivity index (χ1) is 15.3. The molecule has 0 atom stereocenters. The zero-order valence-corrected chi connectivity index (χ0v) is 17.9. The number of rotatable bonds is 5. The zero-order chi connectivity index (χ0) is 22.5. The van der Waals surface area contributed by atoms with Gasteiger partial charge in [0.25, 0.3) is 6.43 Å². The summed E-state index contributed by atoms with van der Waals surface area (Å²) in [4.78, 5) is 21.2. The fourth-order valence-corrected chi connectivity index (χ4v) is 4.38. The number of aliphatic hydroxyl groups is 1. The predicted molar refractivity (Wildman–Crippen MR) is 118 cm³/mol. The van der Waals surface area contributed by atoms with Crippen molar-refractivity contribution in [3.63, 3.8) is 0 Å². The summed E-state index contributed by atoms with van der Waals surface area (Å²) in [5.41, 5.74) is 2.53. The number of imidazole rings is 1. The standard InChI is InChI=1S/C22H25F2N7O/c1-12-27-17-4-3-16(29-20(17)31(12)11-18(23)24)14-9-25-19-15(14)10-26-21(30-19)28-13-5-7-22(2,32)8-6-13/h3-4,9-10,13,18,32H,5-8,11H2,1-2H3,(H2,25,26,28,30)/t13-,22-. The van der Waals surface area contributed by atoms with Crippen molar-refractivity contribution in [3.8, 4) is 11.3 Å². The average molecular weight is 441 g/mol. The van der Waals surface area contributed by atoms with E-state index in [1.54, 1.807) is 25.4 Å². The number of hydrogen-bond acceptors (Lipinski definition) is 6. The van der Waals surface area contributed by atoms with E-state index in [0.717, 1.165) is 36.6 Å². The number of pyridine rings is 1. The number of nitrogens with one attached hydrogen (secondary N) is 2. The molecular formula is C22H25F2N7O. The summed E-state index contributed by atoms with van der Waals surface area (Å²) >= 11 is 0. The minimum Gasteiger partial charge on any atom is -0.390 e. The summed E-state index contributed by atoms with van der Waals surface area (Å²) in [7, 11) is 0. The lowest BCUT2D eigenvalue weighted by atomic mass is 9.84. The minimum atomic E-state index is -2.49. The second-order valence-electron chi connectivity index (χ2n) is 8.77. The van der Waals surface area contributed by atoms with E-state index in [1.807, 2.05) is 13.0 Å². The lowest BCUT2D eigenvalue weighted by molar-refractivity contribution is 0.0195. The highest BCUT2D eigenvalue weighted by Crippen LogP contribution is 2.31. The molecule has 32 heavy (non-hydrogen) atoms. The summed E-state index contributed by atoms with van der Waals surface area (Å²) in [5.74, 6) is 1.04. The Kier molecular flexibility index (Phi) is 5.04. The summed E-state index contributed by atoms with van der Waals surface area (Å²) in [6, 6.07) is 3.84. The number of halogens is 2. The van der Waals surface area contributed by atoms with E-state index < -0.39 is 18.6 Å². The van der Waals surface area contributed by atoms with Crippen molar-refractivity contribution in [2.75, 3.05) is 5.32 Å². The molecule has 1 fully saturated rings. The zero-order valence-electron chi connectivity index (χ0n) is 17.9. The molecule has 4 heterocycles. The van der Waals surface area contributed by atoms with Crippen LogP contribution < -0.4 is 5.32 Å².